The van der Waals surface area contributed by atoms with Crippen LogP contribution in [0.2, 0.25) is 10.0 Å². The molecule has 0 saturated carbocycles. The number of carbonyl (C=O) groups is 2. The fourth-order valence-corrected chi connectivity index (χ4v) is 1.96. The third kappa shape index (κ3) is 5.44. The fourth-order valence-electron chi connectivity index (χ4n) is 1.63. The van der Waals surface area contributed by atoms with Crippen molar-refractivity contribution in [2.45, 2.75) is 26.3 Å². The zero-order valence-electron chi connectivity index (χ0n) is 11.7. The van der Waals surface area contributed by atoms with Gasteiger partial charge in [0, 0.05) is 11.1 Å². The number of aliphatic carboxylic acids is 1. The molecule has 0 saturated heterocycles. The van der Waals surface area contributed by atoms with Crippen LogP contribution in [0.25, 0.3) is 0 Å². The molecule has 0 fully saturated rings. The van der Waals surface area contributed by atoms with Gasteiger partial charge in [0.2, 0.25) is 0 Å². The van der Waals surface area contributed by atoms with Crippen LogP contribution in [0.1, 0.15) is 20.3 Å². The summed E-state index contributed by atoms with van der Waals surface area (Å²) >= 11 is 11.7. The summed E-state index contributed by atoms with van der Waals surface area (Å²) in [5, 5.41) is 12.3. The van der Waals surface area contributed by atoms with Crippen molar-refractivity contribution in [1.29, 1.82) is 0 Å². The largest absolute Gasteiger partial charge is 0.482 e. The van der Waals surface area contributed by atoms with Gasteiger partial charge in [-0.15, -0.1) is 0 Å². The van der Waals surface area contributed by atoms with Crippen molar-refractivity contribution >= 4 is 35.1 Å². The van der Waals surface area contributed by atoms with Gasteiger partial charge >= 0.3 is 5.97 Å². The number of carbonyl (C=O) groups excluding carboxylic acids is 1. The van der Waals surface area contributed by atoms with Gasteiger partial charge in [-0.3, -0.25) is 4.79 Å². The SMILES string of the molecule is CCC(C)[C@H](NC(=O)COc1cc(Cl)ccc1Cl)C(=O)O. The predicted octanol–water partition coefficient (Wildman–Crippen LogP) is 2.99. The summed E-state index contributed by atoms with van der Waals surface area (Å²) in [6.45, 7) is 3.28. The van der Waals surface area contributed by atoms with Gasteiger partial charge < -0.3 is 15.2 Å². The van der Waals surface area contributed by atoms with Gasteiger partial charge in [0.15, 0.2) is 6.61 Å². The van der Waals surface area contributed by atoms with Crippen molar-refractivity contribution in [1.82, 2.24) is 5.32 Å². The molecule has 0 aliphatic rings. The Morgan fingerprint density at radius 1 is 1.38 bits per heavy atom. The molecule has 5 nitrogen and oxygen atoms in total. The van der Waals surface area contributed by atoms with E-state index in [1.807, 2.05) is 6.92 Å². The summed E-state index contributed by atoms with van der Waals surface area (Å²) in [6, 6.07) is 3.69. The lowest BCUT2D eigenvalue weighted by atomic mass is 9.99. The van der Waals surface area contributed by atoms with E-state index in [0.29, 0.717) is 16.5 Å². The maximum Gasteiger partial charge on any atom is 0.326 e. The van der Waals surface area contributed by atoms with Gasteiger partial charge in [0.05, 0.1) is 5.02 Å². The van der Waals surface area contributed by atoms with Gasteiger partial charge in [0.1, 0.15) is 11.8 Å². The summed E-state index contributed by atoms with van der Waals surface area (Å²) in [4.78, 5) is 22.9. The van der Waals surface area contributed by atoms with Gasteiger partial charge in [-0.25, -0.2) is 4.79 Å². The molecule has 2 atom stereocenters. The quantitative estimate of drug-likeness (QED) is 0.804. The molecule has 0 heterocycles. The molecule has 0 aromatic heterocycles. The Bertz CT molecular complexity index is 522. The van der Waals surface area contributed by atoms with E-state index < -0.39 is 17.9 Å². The maximum atomic E-state index is 11.8. The molecular weight excluding hydrogens is 317 g/mol. The first kappa shape index (κ1) is 17.6. The van der Waals surface area contributed by atoms with Gasteiger partial charge in [-0.1, -0.05) is 43.5 Å². The molecule has 1 aromatic carbocycles. The Hall–Kier alpha value is -1.46. The number of hydrogen-bond acceptors (Lipinski definition) is 3. The lowest BCUT2D eigenvalue weighted by Gasteiger charge is -2.20. The number of hydrogen-bond donors (Lipinski definition) is 2. The van der Waals surface area contributed by atoms with Crippen LogP contribution < -0.4 is 10.1 Å². The summed E-state index contributed by atoms with van der Waals surface area (Å²) in [5.41, 5.74) is 0. The molecule has 0 radical (unpaired) electrons. The first-order valence-corrected chi connectivity index (χ1v) is 7.20. The highest BCUT2D eigenvalue weighted by atomic mass is 35.5. The summed E-state index contributed by atoms with van der Waals surface area (Å²) < 4.78 is 5.25. The number of carboxylic acid groups (broad SMARTS) is 1. The van der Waals surface area contributed by atoms with E-state index in [9.17, 15) is 9.59 Å². The van der Waals surface area contributed by atoms with E-state index in [1.165, 1.54) is 6.07 Å². The molecular formula is C14H17Cl2NO4. The van der Waals surface area contributed by atoms with Crippen molar-refractivity contribution in [3.05, 3.63) is 28.2 Å². The monoisotopic (exact) mass is 333 g/mol. The first-order valence-electron chi connectivity index (χ1n) is 6.45. The zero-order chi connectivity index (χ0) is 16.0. The predicted molar refractivity (Wildman–Crippen MR) is 81.0 cm³/mol. The Kier molecular flexibility index (Phi) is 6.78. The molecule has 1 rings (SSSR count). The van der Waals surface area contributed by atoms with E-state index >= 15 is 0 Å². The van der Waals surface area contributed by atoms with E-state index in [2.05, 4.69) is 5.32 Å². The number of halogens is 2. The van der Waals surface area contributed by atoms with Crippen molar-refractivity contribution < 1.29 is 19.4 Å². The van der Waals surface area contributed by atoms with E-state index in [4.69, 9.17) is 33.0 Å². The van der Waals surface area contributed by atoms with Crippen molar-refractivity contribution in [3.8, 4) is 5.75 Å². The highest BCUT2D eigenvalue weighted by molar-refractivity contribution is 6.34. The zero-order valence-corrected chi connectivity index (χ0v) is 13.2. The molecule has 0 bridgehead atoms. The third-order valence-corrected chi connectivity index (χ3v) is 3.59. The number of carboxylic acids is 1. The van der Waals surface area contributed by atoms with E-state index in [-0.39, 0.29) is 18.3 Å². The van der Waals surface area contributed by atoms with Gasteiger partial charge in [-0.2, -0.15) is 0 Å². The molecule has 21 heavy (non-hydrogen) atoms. The van der Waals surface area contributed by atoms with Crippen LogP contribution in [-0.4, -0.2) is 29.6 Å². The maximum absolute atomic E-state index is 11.8. The van der Waals surface area contributed by atoms with Crippen molar-refractivity contribution in [3.63, 3.8) is 0 Å². The standard InChI is InChI=1S/C14H17Cl2NO4/c1-3-8(2)13(14(19)20)17-12(18)7-21-11-6-9(15)4-5-10(11)16/h4-6,8,13H,3,7H2,1-2H3,(H,17,18)(H,19,20)/t8?,13-/m0/s1. The minimum absolute atomic E-state index is 0.179. The summed E-state index contributed by atoms with van der Waals surface area (Å²) in [5.74, 6) is -1.51. The lowest BCUT2D eigenvalue weighted by molar-refractivity contribution is -0.143. The van der Waals surface area contributed by atoms with Crippen LogP contribution in [0.4, 0.5) is 0 Å². The molecule has 0 aliphatic heterocycles. The van der Waals surface area contributed by atoms with Crippen LogP contribution in [0.15, 0.2) is 18.2 Å². The first-order chi connectivity index (χ1) is 9.85. The Morgan fingerprint density at radius 2 is 2.05 bits per heavy atom. The molecule has 1 amide bonds. The Balaban J connectivity index is 2.61. The van der Waals surface area contributed by atoms with Crippen LogP contribution in [0.3, 0.4) is 0 Å². The normalized spacial score (nSPS) is 13.3. The topological polar surface area (TPSA) is 75.6 Å². The van der Waals surface area contributed by atoms with Crippen molar-refractivity contribution in [2.75, 3.05) is 6.61 Å². The molecule has 0 aliphatic carbocycles. The highest BCUT2D eigenvalue weighted by Gasteiger charge is 2.25. The number of rotatable bonds is 7. The summed E-state index contributed by atoms with van der Waals surface area (Å²) in [7, 11) is 0. The van der Waals surface area contributed by atoms with Crippen LogP contribution in [-0.2, 0) is 9.59 Å². The summed E-state index contributed by atoms with van der Waals surface area (Å²) in [6.07, 6.45) is 0.637. The molecule has 7 heteroatoms. The van der Waals surface area contributed by atoms with Gasteiger partial charge in [0.25, 0.3) is 5.91 Å². The molecule has 2 N–H and O–H groups in total. The van der Waals surface area contributed by atoms with Crippen molar-refractivity contribution in [2.24, 2.45) is 5.92 Å². The third-order valence-electron chi connectivity index (χ3n) is 3.05. The average molecular weight is 334 g/mol. The number of nitrogens with one attached hydrogen (secondary N) is 1. The van der Waals surface area contributed by atoms with E-state index in [1.54, 1.807) is 19.1 Å². The second kappa shape index (κ2) is 8.10. The number of benzene rings is 1. The molecule has 1 aromatic rings. The molecule has 0 spiro atoms. The minimum atomic E-state index is -1.07. The molecule has 1 unspecified atom stereocenters. The van der Waals surface area contributed by atoms with Crippen LogP contribution in [0, 0.1) is 5.92 Å². The second-order valence-electron chi connectivity index (χ2n) is 4.63. The number of ether oxygens (including phenoxy) is 1. The Labute approximate surface area is 133 Å². The van der Waals surface area contributed by atoms with Gasteiger partial charge in [-0.05, 0) is 18.1 Å². The smallest absolute Gasteiger partial charge is 0.326 e. The fraction of sp³-hybridized carbons (Fsp3) is 0.429. The second-order valence-corrected chi connectivity index (χ2v) is 5.48. The Morgan fingerprint density at radius 3 is 2.62 bits per heavy atom. The van der Waals surface area contributed by atoms with Crippen LogP contribution >= 0.6 is 23.2 Å². The average Bonchev–Trinajstić information content (AvgIpc) is 2.44. The van der Waals surface area contributed by atoms with Crippen LogP contribution in [0.5, 0.6) is 5.75 Å². The highest BCUT2D eigenvalue weighted by Crippen LogP contribution is 2.27. The van der Waals surface area contributed by atoms with E-state index in [0.717, 1.165) is 0 Å². The number of amides is 1. The molecule has 116 valence electrons. The minimum Gasteiger partial charge on any atom is -0.482 e. The lowest BCUT2D eigenvalue weighted by Crippen LogP contribution is -2.46.